The van der Waals surface area contributed by atoms with Crippen LogP contribution >= 0.6 is 23.1 Å². The molecule has 6 nitrogen and oxygen atoms in total. The van der Waals surface area contributed by atoms with Crippen molar-refractivity contribution < 1.29 is 18.5 Å². The number of hydrogen-bond acceptors (Lipinski definition) is 4. The molecule has 1 amide bonds. The van der Waals surface area contributed by atoms with E-state index in [2.05, 4.69) is 83.1 Å². The molecular weight excluding hydrogens is 402 g/mol. The van der Waals surface area contributed by atoms with E-state index in [-0.39, 0.29) is 5.91 Å². The van der Waals surface area contributed by atoms with Crippen molar-refractivity contribution >= 4 is 57.1 Å². The molecule has 1 aliphatic rings. The molecular formula is C21H24N5OS2+3. The van der Waals surface area contributed by atoms with E-state index < -0.39 is 0 Å². The molecule has 8 heteroatoms. The van der Waals surface area contributed by atoms with Gasteiger partial charge in [0.05, 0.1) is 19.0 Å². The summed E-state index contributed by atoms with van der Waals surface area (Å²) in [6, 6.07) is 8.22. The molecule has 3 aromatic rings. The van der Waals surface area contributed by atoms with Gasteiger partial charge in [-0.3, -0.25) is 9.69 Å². The summed E-state index contributed by atoms with van der Waals surface area (Å²) < 4.78 is 7.64. The minimum atomic E-state index is -0.0721. The number of fused-ring (bicyclic) bond motifs is 2. The molecule has 0 bridgehead atoms. The maximum absolute atomic E-state index is 11.4. The lowest BCUT2D eigenvalue weighted by Gasteiger charge is -2.12. The first-order chi connectivity index (χ1) is 13.9. The molecule has 3 aromatic heterocycles. The summed E-state index contributed by atoms with van der Waals surface area (Å²) in [4.78, 5) is 14.8. The quantitative estimate of drug-likeness (QED) is 0.655. The van der Waals surface area contributed by atoms with E-state index in [1.165, 1.54) is 27.2 Å². The van der Waals surface area contributed by atoms with Crippen molar-refractivity contribution in [2.45, 2.75) is 11.8 Å². The second kappa shape index (κ2) is 7.61. The molecule has 0 aromatic carbocycles. The lowest BCUT2D eigenvalue weighted by atomic mass is 10.4. The fourth-order valence-corrected chi connectivity index (χ4v) is 5.74. The molecule has 0 saturated heterocycles. The lowest BCUT2D eigenvalue weighted by molar-refractivity contribution is -0.752. The van der Waals surface area contributed by atoms with Crippen LogP contribution in [0.2, 0.25) is 0 Å². The first-order valence-electron chi connectivity index (χ1n) is 9.24. The van der Waals surface area contributed by atoms with Gasteiger partial charge in [0.2, 0.25) is 11.6 Å². The SMILES string of the molecule is CC(=O)Nc1ccc2c([n+]1C)N(C)C(=CC=Cc1sc3ccc[n+](C)c3[n+]1C)S2. The van der Waals surface area contributed by atoms with Gasteiger partial charge in [-0.25, -0.2) is 9.88 Å². The van der Waals surface area contributed by atoms with Crippen molar-refractivity contribution in [1.82, 2.24) is 0 Å². The molecule has 1 aliphatic heterocycles. The highest BCUT2D eigenvalue weighted by Crippen LogP contribution is 2.43. The number of pyridine rings is 2. The smallest absolute Gasteiger partial charge is 0.257 e. The first-order valence-corrected chi connectivity index (χ1v) is 10.9. The Labute approximate surface area is 178 Å². The molecule has 29 heavy (non-hydrogen) atoms. The Hall–Kier alpha value is -2.71. The number of carbonyl (C=O) groups excluding carboxylic acids is 1. The summed E-state index contributed by atoms with van der Waals surface area (Å²) in [5.74, 6) is 1.78. The van der Waals surface area contributed by atoms with E-state index in [4.69, 9.17) is 0 Å². The predicted molar refractivity (Wildman–Crippen MR) is 117 cm³/mol. The minimum absolute atomic E-state index is 0.0721. The molecule has 0 atom stereocenters. The van der Waals surface area contributed by atoms with E-state index in [0.29, 0.717) is 0 Å². The van der Waals surface area contributed by atoms with Crippen LogP contribution in [0.3, 0.4) is 0 Å². The lowest BCUT2D eigenvalue weighted by Crippen LogP contribution is -2.42. The Kier molecular flexibility index (Phi) is 5.14. The number of aromatic nitrogens is 3. The van der Waals surface area contributed by atoms with Gasteiger partial charge in [0.25, 0.3) is 10.9 Å². The maximum atomic E-state index is 11.4. The summed E-state index contributed by atoms with van der Waals surface area (Å²) in [6.45, 7) is 1.52. The van der Waals surface area contributed by atoms with E-state index in [1.54, 1.807) is 23.1 Å². The first kappa shape index (κ1) is 19.6. The Morgan fingerprint density at radius 1 is 1.17 bits per heavy atom. The topological polar surface area (TPSA) is 44.0 Å². The van der Waals surface area contributed by atoms with Gasteiger partial charge in [0, 0.05) is 25.1 Å². The van der Waals surface area contributed by atoms with Crippen LogP contribution in [0.5, 0.6) is 0 Å². The third kappa shape index (κ3) is 3.54. The van der Waals surface area contributed by atoms with Gasteiger partial charge in [-0.05, 0) is 30.0 Å². The molecule has 1 N–H and O–H groups in total. The number of amides is 1. The number of carbonyl (C=O) groups is 1. The van der Waals surface area contributed by atoms with Crippen molar-refractivity contribution in [2.24, 2.45) is 21.1 Å². The highest BCUT2D eigenvalue weighted by molar-refractivity contribution is 8.03. The van der Waals surface area contributed by atoms with Crippen LogP contribution in [0, 0.1) is 0 Å². The fourth-order valence-electron chi connectivity index (χ4n) is 3.53. The van der Waals surface area contributed by atoms with E-state index >= 15 is 0 Å². The molecule has 0 aliphatic carbocycles. The van der Waals surface area contributed by atoms with Crippen LogP contribution in [0.4, 0.5) is 11.6 Å². The Balaban J connectivity index is 1.61. The number of thioether (sulfide) groups is 1. The summed E-state index contributed by atoms with van der Waals surface area (Å²) >= 11 is 3.51. The van der Waals surface area contributed by atoms with Gasteiger partial charge in [-0.1, -0.05) is 17.4 Å². The van der Waals surface area contributed by atoms with Crippen molar-refractivity contribution in [3.63, 3.8) is 0 Å². The standard InChI is InChI=1S/C21H23N5OS2/c1-14(27)22-17-12-11-16-21(24(17)3)26(5)19(29-16)10-6-9-18-25(4)20-15(28-18)8-7-13-23(20)2/h6-13H,1-5H3/q+2/p+1. The van der Waals surface area contributed by atoms with E-state index in [0.717, 1.165) is 16.7 Å². The summed E-state index contributed by atoms with van der Waals surface area (Å²) in [6.07, 6.45) is 8.45. The molecule has 0 fully saturated rings. The number of nitrogens with zero attached hydrogens (tertiary/aromatic N) is 4. The third-order valence-corrected chi connectivity index (χ3v) is 7.23. The number of aryl methyl sites for hydroxylation is 2. The minimum Gasteiger partial charge on any atom is -0.257 e. The molecule has 0 unspecified atom stereocenters. The molecule has 148 valence electrons. The normalized spacial score (nSPS) is 14.9. The number of rotatable bonds is 3. The summed E-state index contributed by atoms with van der Waals surface area (Å²) in [5, 5.41) is 5.21. The second-order valence-corrected chi connectivity index (χ2v) is 9.10. The number of nitrogens with one attached hydrogen (secondary N) is 1. The molecule has 0 spiro atoms. The average molecular weight is 427 g/mol. The monoisotopic (exact) mass is 426 g/mol. The molecule has 0 saturated carbocycles. The maximum Gasteiger partial charge on any atom is 0.462 e. The average Bonchev–Trinajstić information content (AvgIpc) is 3.16. The van der Waals surface area contributed by atoms with Gasteiger partial charge in [-0.2, -0.15) is 0 Å². The number of allylic oxidation sites excluding steroid dienone is 2. The molecule has 4 rings (SSSR count). The van der Waals surface area contributed by atoms with Gasteiger partial charge >= 0.3 is 5.65 Å². The Morgan fingerprint density at radius 2 is 1.97 bits per heavy atom. The van der Waals surface area contributed by atoms with Gasteiger partial charge in [0.15, 0.2) is 10.9 Å². The second-order valence-electron chi connectivity index (χ2n) is 6.98. The number of thiazole rings is 1. The highest BCUT2D eigenvalue weighted by atomic mass is 32.2. The zero-order valence-corrected chi connectivity index (χ0v) is 18.8. The molecule has 4 heterocycles. The number of hydrogen-bond donors (Lipinski definition) is 1. The van der Waals surface area contributed by atoms with Gasteiger partial charge in [-0.15, -0.1) is 9.13 Å². The van der Waals surface area contributed by atoms with Crippen LogP contribution < -0.4 is 23.9 Å². The van der Waals surface area contributed by atoms with E-state index in [1.807, 2.05) is 17.7 Å². The zero-order valence-electron chi connectivity index (χ0n) is 17.1. The number of anilines is 2. The van der Waals surface area contributed by atoms with E-state index in [9.17, 15) is 4.79 Å². The summed E-state index contributed by atoms with van der Waals surface area (Å²) in [5.41, 5.74) is 1.21. The van der Waals surface area contributed by atoms with Crippen LogP contribution in [0.25, 0.3) is 16.4 Å². The Bertz CT molecular complexity index is 1200. The predicted octanol–water partition coefficient (Wildman–Crippen LogP) is 2.43. The van der Waals surface area contributed by atoms with Crippen LogP contribution in [-0.2, 0) is 25.9 Å². The van der Waals surface area contributed by atoms with Crippen molar-refractivity contribution in [1.29, 1.82) is 0 Å². The van der Waals surface area contributed by atoms with Crippen molar-refractivity contribution in [3.05, 3.63) is 52.7 Å². The Morgan fingerprint density at radius 3 is 2.69 bits per heavy atom. The highest BCUT2D eigenvalue weighted by Gasteiger charge is 2.31. The molecule has 0 radical (unpaired) electrons. The van der Waals surface area contributed by atoms with Crippen LogP contribution in [0.15, 0.2) is 52.5 Å². The van der Waals surface area contributed by atoms with Crippen molar-refractivity contribution in [3.8, 4) is 0 Å². The van der Waals surface area contributed by atoms with Crippen molar-refractivity contribution in [2.75, 3.05) is 17.3 Å². The zero-order chi connectivity index (χ0) is 20.7. The van der Waals surface area contributed by atoms with Crippen LogP contribution in [0.1, 0.15) is 11.9 Å². The third-order valence-electron chi connectivity index (χ3n) is 4.91. The van der Waals surface area contributed by atoms with Crippen LogP contribution in [-0.4, -0.2) is 13.0 Å². The largest absolute Gasteiger partial charge is 0.462 e. The van der Waals surface area contributed by atoms with Gasteiger partial charge < -0.3 is 0 Å². The van der Waals surface area contributed by atoms with Gasteiger partial charge in [0.1, 0.15) is 19.1 Å². The fraction of sp³-hybridized carbons (Fsp3) is 0.238. The summed E-state index contributed by atoms with van der Waals surface area (Å²) in [7, 11) is 8.19.